The molecule has 5 rings (SSSR count). The van der Waals surface area contributed by atoms with Gasteiger partial charge >= 0.3 is 0 Å². The molecule has 4 aromatic rings. The maximum absolute atomic E-state index is 5.68. The number of rotatable bonds is 2. The second-order valence-electron chi connectivity index (χ2n) is 9.38. The number of hydrogen-bond acceptors (Lipinski definition) is 2. The van der Waals surface area contributed by atoms with Crippen LogP contribution in [0.25, 0.3) is 27.6 Å². The number of ether oxygens (including phenoxy) is 1. The predicted molar refractivity (Wildman–Crippen MR) is 116 cm³/mol. The first kappa shape index (κ1) is 17.3. The van der Waals surface area contributed by atoms with Crippen molar-refractivity contribution in [3.63, 3.8) is 0 Å². The molecule has 0 atom stereocenters. The van der Waals surface area contributed by atoms with Gasteiger partial charge in [-0.2, -0.15) is 0 Å². The van der Waals surface area contributed by atoms with Crippen LogP contribution < -0.4 is 4.74 Å². The molecule has 0 bridgehead atoms. The molecule has 3 heteroatoms. The molecule has 0 saturated carbocycles. The van der Waals surface area contributed by atoms with Crippen LogP contribution in [0.4, 0.5) is 0 Å². The lowest BCUT2D eigenvalue weighted by molar-refractivity contribution is 0.414. The smallest absolute Gasteiger partial charge is 0.137 e. The lowest BCUT2D eigenvalue weighted by Crippen LogP contribution is -2.16. The number of hydrogen-bond donors (Lipinski definition) is 0. The Morgan fingerprint density at radius 3 is 2.39 bits per heavy atom. The van der Waals surface area contributed by atoms with Gasteiger partial charge in [-0.25, -0.2) is 4.98 Å². The van der Waals surface area contributed by atoms with E-state index in [4.69, 9.17) is 9.72 Å². The number of benzene rings is 2. The molecule has 142 valence electrons. The van der Waals surface area contributed by atoms with Gasteiger partial charge in [0.25, 0.3) is 0 Å². The Morgan fingerprint density at radius 2 is 1.68 bits per heavy atom. The van der Waals surface area contributed by atoms with Crippen molar-refractivity contribution in [2.24, 2.45) is 0 Å². The summed E-state index contributed by atoms with van der Waals surface area (Å²) in [6, 6.07) is 15.3. The summed E-state index contributed by atoms with van der Waals surface area (Å²) in [4.78, 5) is 4.76. The van der Waals surface area contributed by atoms with Crippen molar-refractivity contribution in [2.45, 2.75) is 45.4 Å². The van der Waals surface area contributed by atoms with Gasteiger partial charge in [0.05, 0.1) is 18.1 Å². The minimum atomic E-state index is -0.0310. The van der Waals surface area contributed by atoms with Gasteiger partial charge in [-0.15, -0.1) is 0 Å². The average molecular weight is 370 g/mol. The maximum Gasteiger partial charge on any atom is 0.137 e. The second-order valence-corrected chi connectivity index (χ2v) is 9.38. The Kier molecular flexibility index (Phi) is 3.32. The molecule has 1 aliphatic carbocycles. The van der Waals surface area contributed by atoms with Gasteiger partial charge in [-0.3, -0.25) is 4.57 Å². The highest BCUT2D eigenvalue weighted by molar-refractivity contribution is 6.16. The summed E-state index contributed by atoms with van der Waals surface area (Å²) >= 11 is 0. The fraction of sp³-hybridized carbons (Fsp3) is 0.320. The largest absolute Gasteiger partial charge is 0.497 e. The van der Waals surface area contributed by atoms with Crippen molar-refractivity contribution < 1.29 is 4.74 Å². The molecule has 0 aliphatic heterocycles. The van der Waals surface area contributed by atoms with Crippen LogP contribution in [-0.4, -0.2) is 16.7 Å². The summed E-state index contributed by atoms with van der Waals surface area (Å²) in [5.74, 6) is 1.86. The summed E-state index contributed by atoms with van der Waals surface area (Å²) < 4.78 is 7.97. The molecule has 2 aromatic heterocycles. The molecule has 0 saturated heterocycles. The molecule has 28 heavy (non-hydrogen) atoms. The summed E-state index contributed by atoms with van der Waals surface area (Å²) in [7, 11) is 1.74. The summed E-state index contributed by atoms with van der Waals surface area (Å²) in [5, 5.41) is 2.68. The third-order valence-electron chi connectivity index (χ3n) is 6.29. The van der Waals surface area contributed by atoms with Crippen LogP contribution in [0.1, 0.15) is 51.3 Å². The zero-order chi connectivity index (χ0) is 19.8. The Morgan fingerprint density at radius 1 is 0.929 bits per heavy atom. The minimum Gasteiger partial charge on any atom is -0.497 e. The summed E-state index contributed by atoms with van der Waals surface area (Å²) in [5.41, 5.74) is 6.42. The van der Waals surface area contributed by atoms with Crippen LogP contribution in [0, 0.1) is 0 Å². The molecule has 0 radical (unpaired) electrons. The van der Waals surface area contributed by atoms with E-state index < -0.39 is 0 Å². The molecule has 3 nitrogen and oxygen atoms in total. The van der Waals surface area contributed by atoms with Gasteiger partial charge in [-0.1, -0.05) is 46.8 Å². The maximum atomic E-state index is 5.68. The van der Waals surface area contributed by atoms with Crippen LogP contribution in [0.15, 0.2) is 48.7 Å². The SMILES string of the molecule is COc1cc2c3c4c(cccc4n(-c4cc(C(C)(C)C)ccn4)c3c1)C2(C)C. The topological polar surface area (TPSA) is 27.1 Å². The van der Waals surface area contributed by atoms with Crippen LogP contribution in [0.3, 0.4) is 0 Å². The highest BCUT2D eigenvalue weighted by Gasteiger charge is 2.37. The number of methoxy groups -OCH3 is 1. The van der Waals surface area contributed by atoms with E-state index in [0.29, 0.717) is 0 Å². The van der Waals surface area contributed by atoms with Gasteiger partial charge in [0.1, 0.15) is 11.6 Å². The molecule has 2 heterocycles. The normalized spacial score (nSPS) is 15.1. The molecular formula is C25H26N2O. The quantitative estimate of drug-likeness (QED) is 0.425. The van der Waals surface area contributed by atoms with Gasteiger partial charge in [-0.05, 0) is 46.4 Å². The van der Waals surface area contributed by atoms with E-state index in [9.17, 15) is 0 Å². The van der Waals surface area contributed by atoms with Crippen molar-refractivity contribution >= 4 is 21.8 Å². The van der Waals surface area contributed by atoms with E-state index in [1.165, 1.54) is 38.5 Å². The molecule has 0 spiro atoms. The standard InChI is InChI=1S/C25H26N2O/c1-24(2,3)15-10-11-26-21(12-15)27-19-9-7-8-17-22(19)23-18(25(17,4)5)13-16(28-6)14-20(23)27/h7-14H,1-6H3. The Hall–Kier alpha value is -2.81. The van der Waals surface area contributed by atoms with Crippen molar-refractivity contribution in [3.05, 3.63) is 65.4 Å². The van der Waals surface area contributed by atoms with Crippen molar-refractivity contribution in [1.82, 2.24) is 9.55 Å². The van der Waals surface area contributed by atoms with Crippen LogP contribution in [0.2, 0.25) is 0 Å². The second kappa shape index (κ2) is 5.38. The first-order chi connectivity index (χ1) is 13.2. The van der Waals surface area contributed by atoms with Gasteiger partial charge in [0, 0.05) is 28.5 Å². The Balaban J connectivity index is 1.94. The first-order valence-corrected chi connectivity index (χ1v) is 9.86. The third-order valence-corrected chi connectivity index (χ3v) is 6.29. The molecule has 0 unspecified atom stereocenters. The van der Waals surface area contributed by atoms with Crippen LogP contribution >= 0.6 is 0 Å². The first-order valence-electron chi connectivity index (χ1n) is 9.86. The number of aromatic nitrogens is 2. The molecule has 0 fully saturated rings. The van der Waals surface area contributed by atoms with E-state index in [1.54, 1.807) is 7.11 Å². The lowest BCUT2D eigenvalue weighted by Gasteiger charge is -2.24. The Bertz CT molecular complexity index is 1260. The van der Waals surface area contributed by atoms with E-state index in [-0.39, 0.29) is 10.8 Å². The zero-order valence-electron chi connectivity index (χ0n) is 17.4. The molecule has 0 N–H and O–H groups in total. The molecule has 1 aliphatic rings. The van der Waals surface area contributed by atoms with Crippen LogP contribution in [-0.2, 0) is 10.8 Å². The lowest BCUT2D eigenvalue weighted by atomic mass is 9.81. The van der Waals surface area contributed by atoms with Gasteiger partial charge in [0.15, 0.2) is 0 Å². The fourth-order valence-electron chi connectivity index (χ4n) is 4.69. The minimum absolute atomic E-state index is 0.0310. The number of pyridine rings is 1. The average Bonchev–Trinajstić information content (AvgIpc) is 3.11. The number of nitrogens with zero attached hydrogens (tertiary/aromatic N) is 2. The van der Waals surface area contributed by atoms with E-state index >= 15 is 0 Å². The van der Waals surface area contributed by atoms with E-state index in [2.05, 4.69) is 81.7 Å². The molecule has 0 amide bonds. The van der Waals surface area contributed by atoms with E-state index in [1.807, 2.05) is 6.20 Å². The predicted octanol–water partition coefficient (Wildman–Crippen LogP) is 6.12. The Labute approximate surface area is 166 Å². The fourth-order valence-corrected chi connectivity index (χ4v) is 4.69. The highest BCUT2D eigenvalue weighted by Crippen LogP contribution is 2.51. The van der Waals surface area contributed by atoms with Crippen molar-refractivity contribution in [3.8, 4) is 11.6 Å². The summed E-state index contributed by atoms with van der Waals surface area (Å²) in [6.45, 7) is 11.3. The zero-order valence-corrected chi connectivity index (χ0v) is 17.4. The molecular weight excluding hydrogens is 344 g/mol. The van der Waals surface area contributed by atoms with Gasteiger partial charge in [0.2, 0.25) is 0 Å². The van der Waals surface area contributed by atoms with Gasteiger partial charge < -0.3 is 4.74 Å². The van der Waals surface area contributed by atoms with Crippen molar-refractivity contribution in [2.75, 3.05) is 7.11 Å². The van der Waals surface area contributed by atoms with E-state index in [0.717, 1.165) is 11.6 Å². The van der Waals surface area contributed by atoms with Crippen molar-refractivity contribution in [1.29, 1.82) is 0 Å². The van der Waals surface area contributed by atoms with Crippen LogP contribution in [0.5, 0.6) is 5.75 Å². The third kappa shape index (κ3) is 2.13. The monoisotopic (exact) mass is 370 g/mol. The summed E-state index contributed by atoms with van der Waals surface area (Å²) in [6.07, 6.45) is 1.92. The molecule has 2 aromatic carbocycles. The highest BCUT2D eigenvalue weighted by atomic mass is 16.5.